The highest BCUT2D eigenvalue weighted by molar-refractivity contribution is 7.41. The molecule has 4 heteroatoms. The average molecular weight is 334 g/mol. The molecule has 0 N–H and O–H groups in total. The van der Waals surface area contributed by atoms with Crippen LogP contribution < -0.4 is 0 Å². The zero-order valence-electron chi connectivity index (χ0n) is 16.9. The second-order valence-corrected chi connectivity index (χ2v) is 9.77. The van der Waals surface area contributed by atoms with Crippen molar-refractivity contribution in [3.05, 3.63) is 0 Å². The third-order valence-electron chi connectivity index (χ3n) is 5.10. The highest BCUT2D eigenvalue weighted by atomic mass is 31.2. The molecule has 134 valence electrons. The molecule has 3 nitrogen and oxygen atoms in total. The van der Waals surface area contributed by atoms with Gasteiger partial charge in [0.05, 0.1) is 16.8 Å². The lowest BCUT2D eigenvalue weighted by molar-refractivity contribution is -0.0506. The summed E-state index contributed by atoms with van der Waals surface area (Å²) in [6.45, 7) is 25.6. The SMILES string of the molecule is CC(C)C(C)(C)OP(OC(C)(C)C(C)C)OC(C)(C)C(C)C. The molecule has 0 amide bonds. The largest absolute Gasteiger partial charge is 0.334 e. The first kappa shape index (κ1) is 22.3. The molecule has 0 aromatic rings. The van der Waals surface area contributed by atoms with E-state index in [9.17, 15) is 0 Å². The van der Waals surface area contributed by atoms with Crippen LogP contribution in [0.25, 0.3) is 0 Å². The summed E-state index contributed by atoms with van der Waals surface area (Å²) in [5.74, 6) is 1.15. The monoisotopic (exact) mass is 334 g/mol. The Bertz CT molecular complexity index is 281. The van der Waals surface area contributed by atoms with Gasteiger partial charge in [0, 0.05) is 0 Å². The standard InChI is InChI=1S/C18H39O3P/c1-13(2)16(7,8)19-22(20-17(9,10)14(3)4)21-18(11,12)15(5)6/h13-15H,1-12H3. The van der Waals surface area contributed by atoms with Crippen LogP contribution >= 0.6 is 8.60 Å². The average Bonchev–Trinajstić information content (AvgIpc) is 2.25. The van der Waals surface area contributed by atoms with E-state index in [2.05, 4.69) is 83.1 Å². The molecule has 0 rings (SSSR count). The summed E-state index contributed by atoms with van der Waals surface area (Å²) in [7, 11) is -1.42. The molecule has 0 radical (unpaired) electrons. The van der Waals surface area contributed by atoms with Crippen LogP contribution in [0, 0.1) is 17.8 Å². The fourth-order valence-electron chi connectivity index (χ4n) is 0.948. The lowest BCUT2D eigenvalue weighted by Gasteiger charge is -2.41. The Hall–Kier alpha value is 0.310. The Balaban J connectivity index is 5.25. The van der Waals surface area contributed by atoms with E-state index in [0.29, 0.717) is 17.8 Å². The highest BCUT2D eigenvalue weighted by Crippen LogP contribution is 2.53. The maximum Gasteiger partial charge on any atom is 0.334 e. The Morgan fingerprint density at radius 2 is 0.682 bits per heavy atom. The van der Waals surface area contributed by atoms with Gasteiger partial charge in [0.2, 0.25) is 0 Å². The molecule has 0 aliphatic carbocycles. The summed E-state index contributed by atoms with van der Waals surface area (Å²) in [6.07, 6.45) is 0. The smallest absolute Gasteiger partial charge is 0.306 e. The molecule has 0 saturated heterocycles. The highest BCUT2D eigenvalue weighted by Gasteiger charge is 2.39. The second-order valence-electron chi connectivity index (χ2n) is 8.77. The van der Waals surface area contributed by atoms with E-state index in [1.165, 1.54) is 0 Å². The number of rotatable bonds is 9. The Morgan fingerprint density at radius 1 is 0.500 bits per heavy atom. The lowest BCUT2D eigenvalue weighted by atomic mass is 9.95. The van der Waals surface area contributed by atoms with Crippen LogP contribution in [0.5, 0.6) is 0 Å². The maximum atomic E-state index is 6.29. The van der Waals surface area contributed by atoms with Crippen molar-refractivity contribution in [3.8, 4) is 0 Å². The molecule has 0 bridgehead atoms. The molecular formula is C18H39O3P. The van der Waals surface area contributed by atoms with Gasteiger partial charge in [0.25, 0.3) is 0 Å². The maximum absolute atomic E-state index is 6.29. The molecule has 0 aromatic carbocycles. The van der Waals surface area contributed by atoms with Gasteiger partial charge in [-0.05, 0) is 59.3 Å². The molecule has 0 unspecified atom stereocenters. The van der Waals surface area contributed by atoms with Crippen LogP contribution in [0.4, 0.5) is 0 Å². The first-order chi connectivity index (χ1) is 9.62. The third kappa shape index (κ3) is 6.83. The van der Waals surface area contributed by atoms with Crippen LogP contribution in [-0.2, 0) is 13.6 Å². The summed E-state index contributed by atoms with van der Waals surface area (Å²) in [4.78, 5) is 0. The summed E-state index contributed by atoms with van der Waals surface area (Å²) < 4.78 is 18.9. The molecule has 0 aromatic heterocycles. The minimum absolute atomic E-state index is 0.286. The summed E-state index contributed by atoms with van der Waals surface area (Å²) in [6, 6.07) is 0. The Morgan fingerprint density at radius 3 is 0.818 bits per heavy atom. The van der Waals surface area contributed by atoms with E-state index in [0.717, 1.165) is 0 Å². The van der Waals surface area contributed by atoms with E-state index in [4.69, 9.17) is 13.6 Å². The van der Waals surface area contributed by atoms with Crippen molar-refractivity contribution in [1.29, 1.82) is 0 Å². The van der Waals surface area contributed by atoms with Crippen LogP contribution in [-0.4, -0.2) is 16.8 Å². The summed E-state index contributed by atoms with van der Waals surface area (Å²) in [5, 5.41) is 0. The van der Waals surface area contributed by atoms with Gasteiger partial charge in [-0.25, -0.2) is 0 Å². The van der Waals surface area contributed by atoms with Crippen LogP contribution in [0.3, 0.4) is 0 Å². The van der Waals surface area contributed by atoms with E-state index >= 15 is 0 Å². The van der Waals surface area contributed by atoms with Gasteiger partial charge in [0.15, 0.2) is 0 Å². The van der Waals surface area contributed by atoms with E-state index in [-0.39, 0.29) is 16.8 Å². The summed E-state index contributed by atoms with van der Waals surface area (Å²) in [5.41, 5.74) is -0.858. The molecule has 0 heterocycles. The topological polar surface area (TPSA) is 27.7 Å². The molecule has 0 saturated carbocycles. The predicted molar refractivity (Wildman–Crippen MR) is 96.9 cm³/mol. The number of hydrogen-bond donors (Lipinski definition) is 0. The van der Waals surface area contributed by atoms with E-state index in [1.54, 1.807) is 0 Å². The predicted octanol–water partition coefficient (Wildman–Crippen LogP) is 6.57. The molecule has 0 fully saturated rings. The first-order valence-electron chi connectivity index (χ1n) is 8.49. The molecular weight excluding hydrogens is 295 g/mol. The fourth-order valence-corrected chi connectivity index (χ4v) is 2.85. The molecule has 0 aliphatic rings. The molecule has 0 spiro atoms. The fraction of sp³-hybridized carbons (Fsp3) is 1.00. The first-order valence-corrected chi connectivity index (χ1v) is 9.59. The lowest BCUT2D eigenvalue weighted by Crippen LogP contribution is -2.37. The van der Waals surface area contributed by atoms with Gasteiger partial charge in [-0.1, -0.05) is 41.5 Å². The van der Waals surface area contributed by atoms with E-state index in [1.807, 2.05) is 0 Å². The van der Waals surface area contributed by atoms with Crippen LogP contribution in [0.15, 0.2) is 0 Å². The van der Waals surface area contributed by atoms with Gasteiger partial charge >= 0.3 is 8.60 Å². The quantitative estimate of drug-likeness (QED) is 0.446. The molecule has 0 atom stereocenters. The van der Waals surface area contributed by atoms with Gasteiger partial charge in [-0.15, -0.1) is 0 Å². The van der Waals surface area contributed by atoms with E-state index < -0.39 is 8.60 Å². The van der Waals surface area contributed by atoms with Gasteiger partial charge in [-0.3, -0.25) is 0 Å². The zero-order valence-corrected chi connectivity index (χ0v) is 17.8. The molecule has 22 heavy (non-hydrogen) atoms. The second kappa shape index (κ2) is 7.92. The van der Waals surface area contributed by atoms with Crippen LogP contribution in [0.1, 0.15) is 83.1 Å². The minimum atomic E-state index is -1.42. The summed E-state index contributed by atoms with van der Waals surface area (Å²) >= 11 is 0. The van der Waals surface area contributed by atoms with Crippen molar-refractivity contribution in [2.45, 2.75) is 99.9 Å². The normalized spacial score (nSPS) is 14.7. The van der Waals surface area contributed by atoms with Crippen molar-refractivity contribution in [2.24, 2.45) is 17.8 Å². The minimum Gasteiger partial charge on any atom is -0.306 e. The van der Waals surface area contributed by atoms with Crippen molar-refractivity contribution >= 4 is 8.60 Å². The Labute approximate surface area is 140 Å². The van der Waals surface area contributed by atoms with Crippen molar-refractivity contribution in [3.63, 3.8) is 0 Å². The molecule has 0 aliphatic heterocycles. The van der Waals surface area contributed by atoms with Gasteiger partial charge in [0.1, 0.15) is 0 Å². The van der Waals surface area contributed by atoms with Crippen molar-refractivity contribution < 1.29 is 13.6 Å². The van der Waals surface area contributed by atoms with Gasteiger partial charge in [-0.2, -0.15) is 0 Å². The third-order valence-corrected chi connectivity index (χ3v) is 6.96. The van der Waals surface area contributed by atoms with Crippen molar-refractivity contribution in [1.82, 2.24) is 0 Å². The van der Waals surface area contributed by atoms with Crippen LogP contribution in [0.2, 0.25) is 0 Å². The Kier molecular flexibility index (Phi) is 8.03. The van der Waals surface area contributed by atoms with Gasteiger partial charge < -0.3 is 13.6 Å². The zero-order chi connectivity index (χ0) is 17.9. The van der Waals surface area contributed by atoms with Crippen molar-refractivity contribution in [2.75, 3.05) is 0 Å². The number of hydrogen-bond acceptors (Lipinski definition) is 3.